The fourth-order valence-corrected chi connectivity index (χ4v) is 4.01. The summed E-state index contributed by atoms with van der Waals surface area (Å²) in [7, 11) is -3.64. The van der Waals surface area contributed by atoms with Gasteiger partial charge >= 0.3 is 0 Å². The van der Waals surface area contributed by atoms with E-state index in [1.807, 2.05) is 48.8 Å². The van der Waals surface area contributed by atoms with Gasteiger partial charge < -0.3 is 9.30 Å². The van der Waals surface area contributed by atoms with Gasteiger partial charge in [-0.2, -0.15) is 0 Å². The molecule has 8 heteroatoms. The van der Waals surface area contributed by atoms with E-state index in [9.17, 15) is 13.2 Å². The number of benzene rings is 1. The van der Waals surface area contributed by atoms with Crippen molar-refractivity contribution in [3.05, 3.63) is 66.1 Å². The number of rotatable bonds is 8. The smallest absolute Gasteiger partial charge is 0.253 e. The predicted octanol–water partition coefficient (Wildman–Crippen LogP) is 2.34. The van der Waals surface area contributed by atoms with E-state index in [2.05, 4.69) is 9.71 Å². The minimum Gasteiger partial charge on any atom is -0.339 e. The lowest BCUT2D eigenvalue weighted by molar-refractivity contribution is 0.0773. The quantitative estimate of drug-likeness (QED) is 0.629. The molecule has 0 spiro atoms. The number of aromatic nitrogens is 2. The van der Waals surface area contributed by atoms with Gasteiger partial charge in [0.1, 0.15) is 5.65 Å². The minimum absolute atomic E-state index is 0.103. The van der Waals surface area contributed by atoms with Gasteiger partial charge in [0, 0.05) is 44.0 Å². The molecular formula is C20H24N4O3S. The largest absolute Gasteiger partial charge is 0.339 e. The summed E-state index contributed by atoms with van der Waals surface area (Å²) >= 11 is 0. The Morgan fingerprint density at radius 3 is 2.46 bits per heavy atom. The van der Waals surface area contributed by atoms with Crippen LogP contribution < -0.4 is 4.72 Å². The zero-order valence-electron chi connectivity index (χ0n) is 16.0. The second-order valence-electron chi connectivity index (χ2n) is 6.35. The third kappa shape index (κ3) is 4.40. The molecule has 28 heavy (non-hydrogen) atoms. The molecule has 0 bridgehead atoms. The van der Waals surface area contributed by atoms with Gasteiger partial charge in [-0.15, -0.1) is 0 Å². The Hall–Kier alpha value is -2.71. The van der Waals surface area contributed by atoms with Crippen molar-refractivity contribution in [1.29, 1.82) is 0 Å². The number of nitrogens with one attached hydrogen (secondary N) is 1. The van der Waals surface area contributed by atoms with Crippen LogP contribution in [0.5, 0.6) is 0 Å². The van der Waals surface area contributed by atoms with Crippen molar-refractivity contribution in [2.75, 3.05) is 19.6 Å². The van der Waals surface area contributed by atoms with Crippen LogP contribution in [0.3, 0.4) is 0 Å². The molecule has 2 aromatic heterocycles. The summed E-state index contributed by atoms with van der Waals surface area (Å²) in [5.41, 5.74) is 2.12. The lowest BCUT2D eigenvalue weighted by atomic mass is 10.2. The first kappa shape index (κ1) is 20.0. The third-order valence-corrected chi connectivity index (χ3v) is 6.03. The number of imidazole rings is 1. The lowest BCUT2D eigenvalue weighted by Crippen LogP contribution is -2.30. The van der Waals surface area contributed by atoms with Crippen LogP contribution in [-0.2, 0) is 16.4 Å². The monoisotopic (exact) mass is 400 g/mol. The van der Waals surface area contributed by atoms with Crippen molar-refractivity contribution in [3.8, 4) is 0 Å². The number of nitrogens with zero attached hydrogens (tertiary/aromatic N) is 3. The van der Waals surface area contributed by atoms with Crippen LogP contribution >= 0.6 is 0 Å². The van der Waals surface area contributed by atoms with E-state index in [1.165, 1.54) is 12.1 Å². The Balaban J connectivity index is 1.63. The highest BCUT2D eigenvalue weighted by atomic mass is 32.2. The van der Waals surface area contributed by atoms with Gasteiger partial charge in [-0.05, 0) is 50.2 Å². The van der Waals surface area contributed by atoms with E-state index in [0.29, 0.717) is 25.1 Å². The first-order chi connectivity index (χ1) is 13.4. The molecule has 0 aliphatic rings. The van der Waals surface area contributed by atoms with Crippen LogP contribution in [0.15, 0.2) is 59.8 Å². The summed E-state index contributed by atoms with van der Waals surface area (Å²) in [4.78, 5) is 18.6. The van der Waals surface area contributed by atoms with Gasteiger partial charge in [0.15, 0.2) is 0 Å². The summed E-state index contributed by atoms with van der Waals surface area (Å²) in [6.07, 6.45) is 4.27. The molecule has 148 valence electrons. The highest BCUT2D eigenvalue weighted by Crippen LogP contribution is 2.13. The second-order valence-corrected chi connectivity index (χ2v) is 8.11. The SMILES string of the molecule is CCN(CC)C(=O)c1ccc(S(=O)(=O)NCCc2cn3ccccc3n2)cc1. The average molecular weight is 401 g/mol. The molecular weight excluding hydrogens is 376 g/mol. The molecule has 0 fully saturated rings. The topological polar surface area (TPSA) is 83.8 Å². The summed E-state index contributed by atoms with van der Waals surface area (Å²) < 4.78 is 29.5. The van der Waals surface area contributed by atoms with Crippen LogP contribution in [0, 0.1) is 0 Å². The molecule has 3 rings (SSSR count). The normalized spacial score (nSPS) is 11.6. The zero-order chi connectivity index (χ0) is 20.1. The van der Waals surface area contributed by atoms with Crippen molar-refractivity contribution in [2.45, 2.75) is 25.2 Å². The van der Waals surface area contributed by atoms with E-state index in [-0.39, 0.29) is 17.3 Å². The summed E-state index contributed by atoms with van der Waals surface area (Å²) in [5, 5.41) is 0. The van der Waals surface area contributed by atoms with Gasteiger partial charge in [-0.25, -0.2) is 18.1 Å². The Morgan fingerprint density at radius 2 is 1.82 bits per heavy atom. The van der Waals surface area contributed by atoms with Crippen molar-refractivity contribution in [3.63, 3.8) is 0 Å². The molecule has 2 heterocycles. The Morgan fingerprint density at radius 1 is 1.11 bits per heavy atom. The zero-order valence-corrected chi connectivity index (χ0v) is 16.8. The first-order valence-electron chi connectivity index (χ1n) is 9.26. The van der Waals surface area contributed by atoms with Crippen molar-refractivity contribution >= 4 is 21.6 Å². The number of carbonyl (C=O) groups is 1. The highest BCUT2D eigenvalue weighted by Gasteiger charge is 2.16. The van der Waals surface area contributed by atoms with Gasteiger partial charge in [0.2, 0.25) is 10.0 Å². The third-order valence-electron chi connectivity index (χ3n) is 4.55. The lowest BCUT2D eigenvalue weighted by Gasteiger charge is -2.18. The number of sulfonamides is 1. The molecule has 0 unspecified atom stereocenters. The molecule has 1 amide bonds. The Bertz CT molecular complexity index is 1020. The molecule has 1 aromatic carbocycles. The Labute approximate surface area is 165 Å². The van der Waals surface area contributed by atoms with Gasteiger partial charge in [-0.3, -0.25) is 4.79 Å². The number of pyridine rings is 1. The van der Waals surface area contributed by atoms with E-state index in [4.69, 9.17) is 0 Å². The average Bonchev–Trinajstić information content (AvgIpc) is 3.11. The number of hydrogen-bond acceptors (Lipinski definition) is 4. The summed E-state index contributed by atoms with van der Waals surface area (Å²) in [6, 6.07) is 11.7. The maximum Gasteiger partial charge on any atom is 0.253 e. The van der Waals surface area contributed by atoms with Crippen molar-refractivity contribution in [2.24, 2.45) is 0 Å². The molecule has 0 aliphatic carbocycles. The standard InChI is InChI=1S/C20H24N4O3S/c1-3-23(4-2)20(25)16-8-10-18(11-9-16)28(26,27)21-13-12-17-15-24-14-6-5-7-19(24)22-17/h5-11,14-15,21H,3-4,12-13H2,1-2H3. The van der Waals surface area contributed by atoms with Crippen LogP contribution in [0.4, 0.5) is 0 Å². The molecule has 0 atom stereocenters. The minimum atomic E-state index is -3.64. The first-order valence-corrected chi connectivity index (χ1v) is 10.7. The molecule has 1 N–H and O–H groups in total. The van der Waals surface area contributed by atoms with Crippen LogP contribution in [0.1, 0.15) is 29.9 Å². The van der Waals surface area contributed by atoms with Crippen LogP contribution in [-0.4, -0.2) is 48.2 Å². The molecule has 0 saturated carbocycles. The maximum atomic E-state index is 12.5. The highest BCUT2D eigenvalue weighted by molar-refractivity contribution is 7.89. The van der Waals surface area contributed by atoms with E-state index in [1.54, 1.807) is 17.0 Å². The summed E-state index contributed by atoms with van der Waals surface area (Å²) in [5.74, 6) is -0.103. The second kappa shape index (κ2) is 8.53. The van der Waals surface area contributed by atoms with Gasteiger partial charge in [0.05, 0.1) is 10.6 Å². The van der Waals surface area contributed by atoms with E-state index < -0.39 is 10.0 Å². The summed E-state index contributed by atoms with van der Waals surface area (Å²) in [6.45, 7) is 5.28. The molecule has 7 nitrogen and oxygen atoms in total. The number of hydrogen-bond donors (Lipinski definition) is 1. The van der Waals surface area contributed by atoms with Gasteiger partial charge in [0.25, 0.3) is 5.91 Å². The Kier molecular flexibility index (Phi) is 6.11. The molecule has 3 aromatic rings. The van der Waals surface area contributed by atoms with Crippen LogP contribution in [0.2, 0.25) is 0 Å². The van der Waals surface area contributed by atoms with E-state index >= 15 is 0 Å². The van der Waals surface area contributed by atoms with E-state index in [0.717, 1.165) is 11.3 Å². The fraction of sp³-hybridized carbons (Fsp3) is 0.300. The van der Waals surface area contributed by atoms with Gasteiger partial charge in [-0.1, -0.05) is 6.07 Å². The molecule has 0 radical (unpaired) electrons. The van der Waals surface area contributed by atoms with Crippen molar-refractivity contribution < 1.29 is 13.2 Å². The maximum absolute atomic E-state index is 12.5. The fourth-order valence-electron chi connectivity index (χ4n) is 2.97. The number of carbonyl (C=O) groups excluding carboxylic acids is 1. The predicted molar refractivity (Wildman–Crippen MR) is 108 cm³/mol. The van der Waals surface area contributed by atoms with Crippen molar-refractivity contribution in [1.82, 2.24) is 19.0 Å². The molecule has 0 saturated heterocycles. The van der Waals surface area contributed by atoms with Crippen LogP contribution in [0.25, 0.3) is 5.65 Å². The number of fused-ring (bicyclic) bond motifs is 1. The number of amides is 1. The molecule has 0 aliphatic heterocycles.